The van der Waals surface area contributed by atoms with Crippen LogP contribution in [0.1, 0.15) is 4.88 Å². The van der Waals surface area contributed by atoms with Crippen LogP contribution in [0.4, 0.5) is 0 Å². The van der Waals surface area contributed by atoms with E-state index in [4.69, 9.17) is 0 Å². The fraction of sp³-hybridized carbons (Fsp3) is 0.0588. The molecule has 0 bridgehead atoms. The summed E-state index contributed by atoms with van der Waals surface area (Å²) in [5.41, 5.74) is 1.99. The summed E-state index contributed by atoms with van der Waals surface area (Å²) in [4.78, 5) is 19.3. The molecule has 0 unspecified atom stereocenters. The van der Waals surface area contributed by atoms with Crippen molar-refractivity contribution in [3.8, 4) is 11.1 Å². The van der Waals surface area contributed by atoms with Gasteiger partial charge >= 0.3 is 0 Å². The number of hydrogen-bond acceptors (Lipinski definition) is 3. The molecular formula is C17H13N3OS. The molecule has 0 radical (unpaired) electrons. The van der Waals surface area contributed by atoms with Crippen molar-refractivity contribution in [1.82, 2.24) is 14.3 Å². The van der Waals surface area contributed by atoms with Gasteiger partial charge in [0, 0.05) is 22.8 Å². The Morgan fingerprint density at radius 2 is 1.77 bits per heavy atom. The molecule has 4 aromatic rings. The van der Waals surface area contributed by atoms with Crippen LogP contribution in [-0.4, -0.2) is 14.3 Å². The minimum Gasteiger partial charge on any atom is -0.267 e. The zero-order chi connectivity index (χ0) is 15.1. The maximum absolute atomic E-state index is 12.9. The first kappa shape index (κ1) is 13.0. The molecule has 0 amide bonds. The summed E-state index contributed by atoms with van der Waals surface area (Å²) in [6.45, 7) is 2.04. The number of aromatic nitrogens is 3. The van der Waals surface area contributed by atoms with E-state index < -0.39 is 0 Å². The molecule has 0 N–H and O–H groups in total. The summed E-state index contributed by atoms with van der Waals surface area (Å²) in [5, 5.41) is 0.685. The average molecular weight is 307 g/mol. The molecule has 4 nitrogen and oxygen atoms in total. The number of rotatable bonds is 2. The second kappa shape index (κ2) is 4.96. The maximum atomic E-state index is 12.9. The van der Waals surface area contributed by atoms with E-state index in [1.54, 1.807) is 22.3 Å². The quantitative estimate of drug-likeness (QED) is 0.568. The third kappa shape index (κ3) is 1.90. The molecule has 22 heavy (non-hydrogen) atoms. The van der Waals surface area contributed by atoms with Crippen LogP contribution in [0.2, 0.25) is 0 Å². The predicted molar refractivity (Wildman–Crippen MR) is 89.3 cm³/mol. The first-order valence-electron chi connectivity index (χ1n) is 6.95. The number of thiophene rings is 1. The molecular weight excluding hydrogens is 294 g/mol. The molecule has 5 heteroatoms. The van der Waals surface area contributed by atoms with Crippen molar-refractivity contribution in [2.24, 2.45) is 0 Å². The Morgan fingerprint density at radius 1 is 1.05 bits per heavy atom. The molecule has 0 spiro atoms. The van der Waals surface area contributed by atoms with Crippen LogP contribution in [-0.2, 0) is 0 Å². The van der Waals surface area contributed by atoms with Gasteiger partial charge in [-0.1, -0.05) is 30.3 Å². The molecule has 3 aromatic heterocycles. The molecule has 108 valence electrons. The van der Waals surface area contributed by atoms with Gasteiger partial charge in [-0.3, -0.25) is 9.47 Å². The van der Waals surface area contributed by atoms with Gasteiger partial charge in [-0.25, -0.2) is 9.66 Å². The molecule has 0 saturated carbocycles. The van der Waals surface area contributed by atoms with Gasteiger partial charge in [-0.2, -0.15) is 0 Å². The molecule has 3 heterocycles. The highest BCUT2D eigenvalue weighted by Crippen LogP contribution is 2.35. The van der Waals surface area contributed by atoms with Crippen molar-refractivity contribution in [3.05, 3.63) is 76.4 Å². The highest BCUT2D eigenvalue weighted by atomic mass is 32.1. The van der Waals surface area contributed by atoms with E-state index in [-0.39, 0.29) is 5.56 Å². The first-order valence-corrected chi connectivity index (χ1v) is 7.77. The molecule has 1 aromatic carbocycles. The lowest BCUT2D eigenvalue weighted by molar-refractivity contribution is 0.628. The van der Waals surface area contributed by atoms with Gasteiger partial charge in [0.1, 0.15) is 11.2 Å². The average Bonchev–Trinajstić information content (AvgIpc) is 3.16. The van der Waals surface area contributed by atoms with E-state index in [1.165, 1.54) is 4.68 Å². The van der Waals surface area contributed by atoms with E-state index in [9.17, 15) is 4.79 Å². The lowest BCUT2D eigenvalue weighted by atomic mass is 10.0. The fourth-order valence-corrected chi connectivity index (χ4v) is 3.68. The second-order valence-electron chi connectivity index (χ2n) is 5.04. The topological polar surface area (TPSA) is 39.8 Å². The van der Waals surface area contributed by atoms with Gasteiger partial charge in [0.25, 0.3) is 5.56 Å². The zero-order valence-corrected chi connectivity index (χ0v) is 12.7. The van der Waals surface area contributed by atoms with Crippen LogP contribution in [0.25, 0.3) is 21.3 Å². The van der Waals surface area contributed by atoms with Gasteiger partial charge in [-0.05, 0) is 24.6 Å². The summed E-state index contributed by atoms with van der Waals surface area (Å²) < 4.78 is 3.26. The van der Waals surface area contributed by atoms with E-state index in [1.807, 2.05) is 61.8 Å². The molecule has 4 rings (SSSR count). The Bertz CT molecular complexity index is 998. The van der Waals surface area contributed by atoms with Crippen molar-refractivity contribution >= 4 is 21.6 Å². The van der Waals surface area contributed by atoms with Gasteiger partial charge < -0.3 is 0 Å². The molecule has 0 aliphatic rings. The number of aryl methyl sites for hydroxylation is 1. The third-order valence-electron chi connectivity index (χ3n) is 3.67. The number of hydrogen-bond donors (Lipinski definition) is 0. The van der Waals surface area contributed by atoms with Crippen LogP contribution in [0.3, 0.4) is 0 Å². The van der Waals surface area contributed by atoms with E-state index >= 15 is 0 Å². The van der Waals surface area contributed by atoms with Gasteiger partial charge in [0.15, 0.2) is 0 Å². The van der Waals surface area contributed by atoms with Crippen LogP contribution in [0, 0.1) is 6.92 Å². The van der Waals surface area contributed by atoms with E-state index in [0.717, 1.165) is 20.8 Å². The van der Waals surface area contributed by atoms with Gasteiger partial charge in [0.2, 0.25) is 0 Å². The van der Waals surface area contributed by atoms with E-state index in [2.05, 4.69) is 4.98 Å². The van der Waals surface area contributed by atoms with Crippen LogP contribution < -0.4 is 5.56 Å². The highest BCUT2D eigenvalue weighted by Gasteiger charge is 2.16. The molecule has 0 aliphatic heterocycles. The van der Waals surface area contributed by atoms with E-state index in [0.29, 0.717) is 5.39 Å². The lowest BCUT2D eigenvalue weighted by Crippen LogP contribution is -2.25. The second-order valence-corrected chi connectivity index (χ2v) is 6.24. The summed E-state index contributed by atoms with van der Waals surface area (Å²) in [6.07, 6.45) is 5.24. The van der Waals surface area contributed by atoms with Crippen molar-refractivity contribution < 1.29 is 0 Å². The van der Waals surface area contributed by atoms with Crippen molar-refractivity contribution in [2.75, 3.05) is 0 Å². The van der Waals surface area contributed by atoms with Crippen LogP contribution in [0.5, 0.6) is 0 Å². The molecule has 0 fully saturated rings. The Balaban J connectivity index is 2.08. The zero-order valence-electron chi connectivity index (χ0n) is 11.9. The number of benzene rings is 1. The van der Waals surface area contributed by atoms with Crippen molar-refractivity contribution in [1.29, 1.82) is 0 Å². The summed E-state index contributed by atoms with van der Waals surface area (Å²) in [6, 6.07) is 13.8. The maximum Gasteiger partial charge on any atom is 0.282 e. The van der Waals surface area contributed by atoms with Crippen molar-refractivity contribution in [3.63, 3.8) is 0 Å². The smallest absolute Gasteiger partial charge is 0.267 e. The fourth-order valence-electron chi connectivity index (χ4n) is 2.68. The molecule has 0 saturated heterocycles. The number of fused-ring (bicyclic) bond motifs is 1. The minimum absolute atomic E-state index is 0.0515. The standard InChI is InChI=1S/C17H13N3OS/c1-12-14(13-7-3-2-4-8-13)15-16(22-12)18-11-20(17(15)21)19-9-5-6-10-19/h2-11H,1H3. The largest absolute Gasteiger partial charge is 0.282 e. The Hall–Kier alpha value is -2.66. The molecule has 0 atom stereocenters. The minimum atomic E-state index is -0.0515. The Labute approximate surface area is 130 Å². The monoisotopic (exact) mass is 307 g/mol. The van der Waals surface area contributed by atoms with Crippen LogP contribution in [0.15, 0.2) is 66.0 Å². The SMILES string of the molecule is Cc1sc2ncn(-n3cccc3)c(=O)c2c1-c1ccccc1. The predicted octanol–water partition coefficient (Wildman–Crippen LogP) is 3.55. The third-order valence-corrected chi connectivity index (χ3v) is 4.69. The first-order chi connectivity index (χ1) is 10.8. The summed E-state index contributed by atoms with van der Waals surface area (Å²) in [5.74, 6) is 0. The summed E-state index contributed by atoms with van der Waals surface area (Å²) >= 11 is 1.56. The Kier molecular flexibility index (Phi) is 2.94. The summed E-state index contributed by atoms with van der Waals surface area (Å²) in [7, 11) is 0. The number of nitrogens with zero attached hydrogens (tertiary/aromatic N) is 3. The van der Waals surface area contributed by atoms with Gasteiger partial charge in [-0.15, -0.1) is 11.3 Å². The Morgan fingerprint density at radius 3 is 2.50 bits per heavy atom. The highest BCUT2D eigenvalue weighted by molar-refractivity contribution is 7.19. The van der Waals surface area contributed by atoms with Gasteiger partial charge in [0.05, 0.1) is 5.39 Å². The van der Waals surface area contributed by atoms with Crippen LogP contribution >= 0.6 is 11.3 Å². The van der Waals surface area contributed by atoms with Crippen molar-refractivity contribution in [2.45, 2.75) is 6.92 Å². The lowest BCUT2D eigenvalue weighted by Gasteiger charge is -2.07. The molecule has 0 aliphatic carbocycles. The normalized spacial score (nSPS) is 11.1.